The number of ether oxygens (including phenoxy) is 1. The number of benzene rings is 1. The number of aromatic nitrogens is 1. The first kappa shape index (κ1) is 13.1. The fourth-order valence-corrected chi connectivity index (χ4v) is 1.92. The zero-order chi connectivity index (χ0) is 13.1. The fraction of sp³-hybridized carbons (Fsp3) is 0.214. The standard InChI is InChI=1S/C14H14BrNO2/c1-9-5-12(6-10(2)14(9)15)18-13-7-11(8-17)3-4-16-13/h3-7,17H,8H2,1-2H3. The van der Waals surface area contributed by atoms with Crippen LogP contribution in [0.1, 0.15) is 16.7 Å². The van der Waals surface area contributed by atoms with Gasteiger partial charge < -0.3 is 9.84 Å². The molecule has 2 rings (SSSR count). The van der Waals surface area contributed by atoms with Gasteiger partial charge in [0.2, 0.25) is 5.88 Å². The van der Waals surface area contributed by atoms with E-state index < -0.39 is 0 Å². The maximum absolute atomic E-state index is 9.06. The molecular formula is C14H14BrNO2. The van der Waals surface area contributed by atoms with Gasteiger partial charge in [0.05, 0.1) is 6.61 Å². The molecule has 0 aliphatic carbocycles. The summed E-state index contributed by atoms with van der Waals surface area (Å²) in [5.41, 5.74) is 3.01. The average Bonchev–Trinajstić information content (AvgIpc) is 2.36. The summed E-state index contributed by atoms with van der Waals surface area (Å²) in [4.78, 5) is 4.12. The van der Waals surface area contributed by atoms with Gasteiger partial charge in [0.25, 0.3) is 0 Å². The molecule has 0 unspecified atom stereocenters. The summed E-state index contributed by atoms with van der Waals surface area (Å²) in [5.74, 6) is 1.23. The number of hydrogen-bond donors (Lipinski definition) is 1. The Morgan fingerprint density at radius 2 is 1.89 bits per heavy atom. The van der Waals surface area contributed by atoms with Crippen LogP contribution in [0.25, 0.3) is 0 Å². The van der Waals surface area contributed by atoms with Crippen LogP contribution in [0.4, 0.5) is 0 Å². The highest BCUT2D eigenvalue weighted by Crippen LogP contribution is 2.28. The maximum Gasteiger partial charge on any atom is 0.219 e. The van der Waals surface area contributed by atoms with Gasteiger partial charge in [-0.05, 0) is 48.7 Å². The summed E-state index contributed by atoms with van der Waals surface area (Å²) in [6.45, 7) is 4.01. The largest absolute Gasteiger partial charge is 0.439 e. The van der Waals surface area contributed by atoms with Crippen molar-refractivity contribution in [3.8, 4) is 11.6 Å². The van der Waals surface area contributed by atoms with E-state index in [0.717, 1.165) is 26.9 Å². The highest BCUT2D eigenvalue weighted by Gasteiger charge is 2.05. The Morgan fingerprint density at radius 3 is 2.50 bits per heavy atom. The van der Waals surface area contributed by atoms with Crippen molar-refractivity contribution in [3.63, 3.8) is 0 Å². The zero-order valence-electron chi connectivity index (χ0n) is 10.3. The summed E-state index contributed by atoms with van der Waals surface area (Å²) in [6, 6.07) is 7.38. The van der Waals surface area contributed by atoms with Gasteiger partial charge in [-0.25, -0.2) is 4.98 Å². The van der Waals surface area contributed by atoms with Gasteiger partial charge in [0, 0.05) is 16.7 Å². The summed E-state index contributed by atoms with van der Waals surface area (Å²) in [7, 11) is 0. The molecule has 0 aliphatic rings. The Morgan fingerprint density at radius 1 is 1.22 bits per heavy atom. The van der Waals surface area contributed by atoms with Crippen molar-refractivity contribution in [1.82, 2.24) is 4.98 Å². The summed E-state index contributed by atoms with van der Waals surface area (Å²) < 4.78 is 6.78. The Labute approximate surface area is 115 Å². The Kier molecular flexibility index (Phi) is 3.99. The number of pyridine rings is 1. The number of aliphatic hydroxyl groups excluding tert-OH is 1. The lowest BCUT2D eigenvalue weighted by molar-refractivity contribution is 0.281. The van der Waals surface area contributed by atoms with Crippen molar-refractivity contribution < 1.29 is 9.84 Å². The minimum atomic E-state index is -0.0166. The second-order valence-electron chi connectivity index (χ2n) is 4.13. The van der Waals surface area contributed by atoms with Crippen LogP contribution in [0.3, 0.4) is 0 Å². The molecule has 18 heavy (non-hydrogen) atoms. The van der Waals surface area contributed by atoms with Crippen LogP contribution in [0.5, 0.6) is 11.6 Å². The molecule has 0 bridgehead atoms. The SMILES string of the molecule is Cc1cc(Oc2cc(CO)ccn2)cc(C)c1Br. The predicted molar refractivity (Wildman–Crippen MR) is 73.8 cm³/mol. The first-order valence-electron chi connectivity index (χ1n) is 5.60. The van der Waals surface area contributed by atoms with Crippen molar-refractivity contribution in [2.24, 2.45) is 0 Å². The predicted octanol–water partition coefficient (Wildman–Crippen LogP) is 3.75. The Balaban J connectivity index is 2.28. The maximum atomic E-state index is 9.06. The van der Waals surface area contributed by atoms with E-state index in [0.29, 0.717) is 5.88 Å². The molecule has 0 saturated carbocycles. The molecule has 2 aromatic rings. The van der Waals surface area contributed by atoms with Crippen LogP contribution in [0.15, 0.2) is 34.9 Å². The molecule has 1 N–H and O–H groups in total. The van der Waals surface area contributed by atoms with Gasteiger partial charge in [-0.1, -0.05) is 15.9 Å². The van der Waals surface area contributed by atoms with Gasteiger partial charge in [-0.2, -0.15) is 0 Å². The van der Waals surface area contributed by atoms with Crippen molar-refractivity contribution >= 4 is 15.9 Å². The Hall–Kier alpha value is -1.39. The van der Waals surface area contributed by atoms with E-state index in [4.69, 9.17) is 9.84 Å². The van der Waals surface area contributed by atoms with E-state index in [9.17, 15) is 0 Å². The van der Waals surface area contributed by atoms with E-state index in [1.165, 1.54) is 0 Å². The van der Waals surface area contributed by atoms with E-state index in [2.05, 4.69) is 20.9 Å². The van der Waals surface area contributed by atoms with Gasteiger partial charge in [-0.15, -0.1) is 0 Å². The molecule has 0 fully saturated rings. The molecule has 1 aromatic carbocycles. The minimum absolute atomic E-state index is 0.0166. The average molecular weight is 308 g/mol. The second-order valence-corrected chi connectivity index (χ2v) is 4.93. The number of nitrogens with zero attached hydrogens (tertiary/aromatic N) is 1. The van der Waals surface area contributed by atoms with Gasteiger partial charge >= 0.3 is 0 Å². The molecule has 4 heteroatoms. The third kappa shape index (κ3) is 2.89. The third-order valence-electron chi connectivity index (χ3n) is 2.61. The van der Waals surface area contributed by atoms with Crippen LogP contribution in [0.2, 0.25) is 0 Å². The van der Waals surface area contributed by atoms with E-state index >= 15 is 0 Å². The van der Waals surface area contributed by atoms with Crippen molar-refractivity contribution in [2.45, 2.75) is 20.5 Å². The van der Waals surface area contributed by atoms with Crippen LogP contribution in [0, 0.1) is 13.8 Å². The Bertz CT molecular complexity index is 546. The van der Waals surface area contributed by atoms with E-state index in [-0.39, 0.29) is 6.61 Å². The highest BCUT2D eigenvalue weighted by molar-refractivity contribution is 9.10. The molecule has 0 aliphatic heterocycles. The minimum Gasteiger partial charge on any atom is -0.439 e. The number of rotatable bonds is 3. The highest BCUT2D eigenvalue weighted by atomic mass is 79.9. The molecule has 0 amide bonds. The number of halogens is 1. The van der Waals surface area contributed by atoms with Crippen molar-refractivity contribution in [3.05, 3.63) is 51.6 Å². The van der Waals surface area contributed by atoms with Gasteiger partial charge in [-0.3, -0.25) is 0 Å². The van der Waals surface area contributed by atoms with Crippen LogP contribution in [-0.2, 0) is 6.61 Å². The zero-order valence-corrected chi connectivity index (χ0v) is 11.9. The summed E-state index contributed by atoms with van der Waals surface area (Å²) >= 11 is 3.52. The lowest BCUT2D eigenvalue weighted by Crippen LogP contribution is -1.92. The molecule has 0 atom stereocenters. The van der Waals surface area contributed by atoms with Gasteiger partial charge in [0.15, 0.2) is 0 Å². The molecule has 94 valence electrons. The second kappa shape index (κ2) is 5.50. The van der Waals surface area contributed by atoms with Crippen LogP contribution < -0.4 is 4.74 Å². The fourth-order valence-electron chi connectivity index (χ4n) is 1.69. The smallest absolute Gasteiger partial charge is 0.219 e. The summed E-state index contributed by atoms with van der Waals surface area (Å²) in [5, 5.41) is 9.06. The molecule has 0 spiro atoms. The van der Waals surface area contributed by atoms with Crippen molar-refractivity contribution in [2.75, 3.05) is 0 Å². The van der Waals surface area contributed by atoms with Gasteiger partial charge in [0.1, 0.15) is 5.75 Å². The first-order valence-corrected chi connectivity index (χ1v) is 6.40. The lowest BCUT2D eigenvalue weighted by Gasteiger charge is -2.09. The van der Waals surface area contributed by atoms with E-state index in [1.54, 1.807) is 18.3 Å². The van der Waals surface area contributed by atoms with Crippen LogP contribution in [-0.4, -0.2) is 10.1 Å². The van der Waals surface area contributed by atoms with Crippen molar-refractivity contribution in [1.29, 1.82) is 0 Å². The third-order valence-corrected chi connectivity index (χ3v) is 3.87. The topological polar surface area (TPSA) is 42.4 Å². The molecule has 3 nitrogen and oxygen atoms in total. The normalized spacial score (nSPS) is 10.4. The molecule has 0 saturated heterocycles. The molecule has 0 radical (unpaired) electrons. The molecule has 1 heterocycles. The monoisotopic (exact) mass is 307 g/mol. The molecule has 1 aromatic heterocycles. The van der Waals surface area contributed by atoms with Crippen LogP contribution >= 0.6 is 15.9 Å². The first-order chi connectivity index (χ1) is 8.60. The summed E-state index contributed by atoms with van der Waals surface area (Å²) in [6.07, 6.45) is 1.62. The number of hydrogen-bond acceptors (Lipinski definition) is 3. The van der Waals surface area contributed by atoms with E-state index in [1.807, 2.05) is 26.0 Å². The number of aryl methyl sites for hydroxylation is 2. The lowest BCUT2D eigenvalue weighted by atomic mass is 10.1. The number of aliphatic hydroxyl groups is 1. The quantitative estimate of drug-likeness (QED) is 0.939. The molecular weight excluding hydrogens is 294 g/mol.